The molecule has 1 saturated heterocycles. The van der Waals surface area contributed by atoms with Gasteiger partial charge in [0.05, 0.1) is 23.1 Å². The molecule has 0 radical (unpaired) electrons. The Labute approximate surface area is 156 Å². The van der Waals surface area contributed by atoms with Crippen LogP contribution in [0.2, 0.25) is 0 Å². The highest BCUT2D eigenvalue weighted by atomic mass is 79.9. The number of rotatable bonds is 4. The number of piperidine rings is 1. The molecule has 1 fully saturated rings. The van der Waals surface area contributed by atoms with Crippen LogP contribution in [0.1, 0.15) is 28.9 Å². The summed E-state index contributed by atoms with van der Waals surface area (Å²) in [6, 6.07) is 7.87. The molecule has 0 aliphatic carbocycles. The fraction of sp³-hybridized carbons (Fsp3) is 0.412. The van der Waals surface area contributed by atoms with Crippen molar-refractivity contribution in [3.8, 4) is 5.69 Å². The average Bonchev–Trinajstić information content (AvgIpc) is 2.96. The average molecular weight is 414 g/mol. The van der Waals surface area contributed by atoms with Gasteiger partial charge in [0, 0.05) is 11.0 Å². The second kappa shape index (κ2) is 8.65. The first-order valence-corrected chi connectivity index (χ1v) is 8.74. The van der Waals surface area contributed by atoms with Gasteiger partial charge >= 0.3 is 0 Å². The van der Waals surface area contributed by atoms with Crippen LogP contribution in [-0.4, -0.2) is 35.3 Å². The maximum Gasteiger partial charge on any atom is 0.254 e. The number of nitrogens with one attached hydrogen (secondary N) is 2. The largest absolute Gasteiger partial charge is 0.352 e. The van der Waals surface area contributed by atoms with Crippen molar-refractivity contribution in [3.63, 3.8) is 0 Å². The molecule has 0 bridgehead atoms. The molecular formula is C17H22BrClN4O. The molecule has 3 rings (SSSR count). The Hall–Kier alpha value is -1.37. The Balaban J connectivity index is 0.00000208. The number of carbonyl (C=O) groups is 1. The zero-order valence-corrected chi connectivity index (χ0v) is 16.0. The molecule has 7 heteroatoms. The van der Waals surface area contributed by atoms with Crippen molar-refractivity contribution in [2.75, 3.05) is 19.6 Å². The second-order valence-electron chi connectivity index (χ2n) is 5.95. The molecule has 1 aromatic heterocycles. The van der Waals surface area contributed by atoms with Gasteiger partial charge in [0.1, 0.15) is 0 Å². The van der Waals surface area contributed by atoms with E-state index in [4.69, 9.17) is 0 Å². The maximum absolute atomic E-state index is 12.4. The van der Waals surface area contributed by atoms with Crippen LogP contribution in [0.4, 0.5) is 0 Å². The molecule has 1 aliphatic heterocycles. The third-order valence-corrected chi connectivity index (χ3v) is 4.80. The topological polar surface area (TPSA) is 59.0 Å². The molecule has 2 heterocycles. The van der Waals surface area contributed by atoms with Gasteiger partial charge in [-0.2, -0.15) is 5.10 Å². The molecule has 5 nitrogen and oxygen atoms in total. The lowest BCUT2D eigenvalue weighted by molar-refractivity contribution is 0.0944. The van der Waals surface area contributed by atoms with Crippen molar-refractivity contribution in [3.05, 3.63) is 46.2 Å². The summed E-state index contributed by atoms with van der Waals surface area (Å²) in [7, 11) is 0. The predicted octanol–water partition coefficient (Wildman–Crippen LogP) is 3.09. The summed E-state index contributed by atoms with van der Waals surface area (Å²) in [6.07, 6.45) is 4.00. The van der Waals surface area contributed by atoms with E-state index >= 15 is 0 Å². The van der Waals surface area contributed by atoms with Gasteiger partial charge < -0.3 is 10.6 Å². The third-order valence-electron chi connectivity index (χ3n) is 4.28. The van der Waals surface area contributed by atoms with Gasteiger partial charge in [-0.1, -0.05) is 15.9 Å². The predicted molar refractivity (Wildman–Crippen MR) is 101 cm³/mol. The molecule has 130 valence electrons. The van der Waals surface area contributed by atoms with Crippen LogP contribution in [0.15, 0.2) is 34.9 Å². The minimum atomic E-state index is -0.0450. The number of aromatic nitrogens is 2. The zero-order chi connectivity index (χ0) is 16.2. The smallest absolute Gasteiger partial charge is 0.254 e. The minimum absolute atomic E-state index is 0. The lowest BCUT2D eigenvalue weighted by Gasteiger charge is -2.22. The monoisotopic (exact) mass is 412 g/mol. The van der Waals surface area contributed by atoms with Crippen LogP contribution in [0.25, 0.3) is 5.69 Å². The van der Waals surface area contributed by atoms with Crippen LogP contribution < -0.4 is 10.6 Å². The van der Waals surface area contributed by atoms with Gasteiger partial charge in [0.25, 0.3) is 5.91 Å². The summed E-state index contributed by atoms with van der Waals surface area (Å²) in [4.78, 5) is 12.4. The Morgan fingerprint density at radius 1 is 1.42 bits per heavy atom. The van der Waals surface area contributed by atoms with Crippen molar-refractivity contribution in [1.29, 1.82) is 0 Å². The summed E-state index contributed by atoms with van der Waals surface area (Å²) in [5, 5.41) is 10.8. The van der Waals surface area contributed by atoms with Crippen molar-refractivity contribution in [2.24, 2.45) is 5.92 Å². The Kier molecular flexibility index (Phi) is 6.83. The van der Waals surface area contributed by atoms with Crippen LogP contribution in [0, 0.1) is 12.8 Å². The van der Waals surface area contributed by atoms with E-state index in [9.17, 15) is 4.79 Å². The second-order valence-corrected chi connectivity index (χ2v) is 6.87. The Morgan fingerprint density at radius 3 is 2.83 bits per heavy atom. The molecule has 1 atom stereocenters. The van der Waals surface area contributed by atoms with Crippen molar-refractivity contribution in [1.82, 2.24) is 20.4 Å². The van der Waals surface area contributed by atoms with Crippen molar-refractivity contribution < 1.29 is 4.79 Å². The van der Waals surface area contributed by atoms with E-state index < -0.39 is 0 Å². The number of benzene rings is 1. The van der Waals surface area contributed by atoms with E-state index in [-0.39, 0.29) is 18.3 Å². The Morgan fingerprint density at radius 2 is 2.17 bits per heavy atom. The maximum atomic E-state index is 12.4. The Bertz CT molecular complexity index is 680. The van der Waals surface area contributed by atoms with E-state index in [1.54, 1.807) is 10.9 Å². The fourth-order valence-corrected chi connectivity index (χ4v) is 3.17. The van der Waals surface area contributed by atoms with Gasteiger partial charge in [-0.3, -0.25) is 4.79 Å². The van der Waals surface area contributed by atoms with Crippen LogP contribution in [-0.2, 0) is 0 Å². The quantitative estimate of drug-likeness (QED) is 0.810. The first-order valence-electron chi connectivity index (χ1n) is 7.94. The summed E-state index contributed by atoms with van der Waals surface area (Å²) in [5.41, 5.74) is 2.43. The van der Waals surface area contributed by atoms with Gasteiger partial charge in [0.15, 0.2) is 0 Å². The minimum Gasteiger partial charge on any atom is -0.352 e. The summed E-state index contributed by atoms with van der Waals surface area (Å²) < 4.78 is 2.81. The lowest BCUT2D eigenvalue weighted by Crippen LogP contribution is -2.38. The van der Waals surface area contributed by atoms with E-state index in [2.05, 4.69) is 31.7 Å². The number of halogens is 2. The third kappa shape index (κ3) is 4.37. The number of nitrogens with zero attached hydrogens (tertiary/aromatic N) is 2. The highest BCUT2D eigenvalue weighted by Gasteiger charge is 2.18. The standard InChI is InChI=1S/C17H21BrN4O.ClH/c1-12-16(17(23)20-10-13-3-2-8-19-9-13)11-21-22(12)15-6-4-14(18)5-7-15;/h4-7,11,13,19H,2-3,8-10H2,1H3,(H,20,23);1H. The fourth-order valence-electron chi connectivity index (χ4n) is 2.91. The first kappa shape index (κ1) is 19.0. The number of amides is 1. The van der Waals surface area contributed by atoms with Crippen molar-refractivity contribution in [2.45, 2.75) is 19.8 Å². The summed E-state index contributed by atoms with van der Waals surface area (Å²) in [5.74, 6) is 0.478. The first-order chi connectivity index (χ1) is 11.1. The summed E-state index contributed by atoms with van der Waals surface area (Å²) in [6.45, 7) is 4.71. The molecule has 1 unspecified atom stereocenters. The van der Waals surface area contributed by atoms with Crippen LogP contribution in [0.5, 0.6) is 0 Å². The number of carbonyl (C=O) groups excluding carboxylic acids is 1. The van der Waals surface area contributed by atoms with Crippen LogP contribution in [0.3, 0.4) is 0 Å². The van der Waals surface area contributed by atoms with E-state index in [0.717, 1.165) is 35.5 Å². The molecule has 1 amide bonds. The molecule has 1 aliphatic rings. The van der Waals surface area contributed by atoms with Crippen molar-refractivity contribution >= 4 is 34.2 Å². The molecule has 2 aromatic rings. The zero-order valence-electron chi connectivity index (χ0n) is 13.6. The highest BCUT2D eigenvalue weighted by Crippen LogP contribution is 2.17. The molecule has 0 saturated carbocycles. The number of hydrogen-bond donors (Lipinski definition) is 2. The highest BCUT2D eigenvalue weighted by molar-refractivity contribution is 9.10. The SMILES string of the molecule is Cc1c(C(=O)NCC2CCCNC2)cnn1-c1ccc(Br)cc1.Cl. The van der Waals surface area contributed by atoms with E-state index in [0.29, 0.717) is 11.5 Å². The van der Waals surface area contributed by atoms with E-state index in [1.165, 1.54) is 12.8 Å². The van der Waals surface area contributed by atoms with E-state index in [1.807, 2.05) is 31.2 Å². The molecule has 2 N–H and O–H groups in total. The normalized spacial score (nSPS) is 17.2. The molecular weight excluding hydrogens is 392 g/mol. The van der Waals surface area contributed by atoms with Gasteiger partial charge in [-0.25, -0.2) is 4.68 Å². The molecule has 0 spiro atoms. The molecule has 1 aromatic carbocycles. The van der Waals surface area contributed by atoms with Gasteiger partial charge in [0.2, 0.25) is 0 Å². The van der Waals surface area contributed by atoms with Gasteiger partial charge in [-0.15, -0.1) is 12.4 Å². The number of hydrogen-bond acceptors (Lipinski definition) is 3. The summed E-state index contributed by atoms with van der Waals surface area (Å²) >= 11 is 3.42. The van der Waals surface area contributed by atoms with Gasteiger partial charge in [-0.05, 0) is 63.0 Å². The molecule has 24 heavy (non-hydrogen) atoms. The lowest BCUT2D eigenvalue weighted by atomic mass is 10.00. The van der Waals surface area contributed by atoms with Crippen LogP contribution >= 0.6 is 28.3 Å².